The maximum Gasteiger partial charge on any atom is 0.120 e. The molecule has 1 atom stereocenters. The van der Waals surface area contributed by atoms with Crippen LogP contribution in [0.5, 0.6) is 0 Å². The summed E-state index contributed by atoms with van der Waals surface area (Å²) in [5.74, 6) is 0.584. The van der Waals surface area contributed by atoms with E-state index in [4.69, 9.17) is 5.73 Å². The standard InChI is InChI=1S/C16H24N4S/c1-13(11-17)12-19-7-4-8-20(10-9-19)16-14-5-2-3-6-15(14)18-21-16/h2-3,5-6,13H,4,7-12,17H2,1H3. The number of rotatable bonds is 4. The summed E-state index contributed by atoms with van der Waals surface area (Å²) in [6.45, 7) is 8.64. The zero-order valence-electron chi connectivity index (χ0n) is 12.7. The van der Waals surface area contributed by atoms with Gasteiger partial charge < -0.3 is 15.5 Å². The van der Waals surface area contributed by atoms with Gasteiger partial charge in [-0.2, -0.15) is 4.37 Å². The summed E-state index contributed by atoms with van der Waals surface area (Å²) in [6, 6.07) is 8.45. The number of nitrogens with two attached hydrogens (primary N) is 1. The Morgan fingerprint density at radius 3 is 2.95 bits per heavy atom. The molecule has 1 fully saturated rings. The van der Waals surface area contributed by atoms with E-state index in [0.717, 1.165) is 38.2 Å². The molecule has 0 aliphatic carbocycles. The van der Waals surface area contributed by atoms with Gasteiger partial charge in [0, 0.05) is 31.6 Å². The molecular formula is C16H24N4S. The summed E-state index contributed by atoms with van der Waals surface area (Å²) in [4.78, 5) is 5.06. The van der Waals surface area contributed by atoms with Gasteiger partial charge in [0.05, 0.1) is 5.52 Å². The van der Waals surface area contributed by atoms with Crippen molar-refractivity contribution in [3.8, 4) is 0 Å². The molecule has 2 aromatic rings. The van der Waals surface area contributed by atoms with Crippen molar-refractivity contribution in [1.82, 2.24) is 9.27 Å². The lowest BCUT2D eigenvalue weighted by Crippen LogP contribution is -2.35. The molecule has 1 unspecified atom stereocenters. The highest BCUT2D eigenvalue weighted by Crippen LogP contribution is 2.31. The van der Waals surface area contributed by atoms with Crippen molar-refractivity contribution in [3.05, 3.63) is 24.3 Å². The van der Waals surface area contributed by atoms with Crippen LogP contribution in [-0.2, 0) is 0 Å². The van der Waals surface area contributed by atoms with Gasteiger partial charge in [-0.15, -0.1) is 0 Å². The first-order chi connectivity index (χ1) is 10.3. The van der Waals surface area contributed by atoms with E-state index in [9.17, 15) is 0 Å². The molecule has 1 aromatic heterocycles. The van der Waals surface area contributed by atoms with Gasteiger partial charge in [-0.3, -0.25) is 0 Å². The maximum atomic E-state index is 5.75. The van der Waals surface area contributed by atoms with Crippen LogP contribution in [0.15, 0.2) is 24.3 Å². The van der Waals surface area contributed by atoms with Crippen LogP contribution in [0, 0.1) is 5.92 Å². The predicted molar refractivity (Wildman–Crippen MR) is 91.1 cm³/mol. The molecule has 1 aliphatic rings. The highest BCUT2D eigenvalue weighted by molar-refractivity contribution is 7.11. The van der Waals surface area contributed by atoms with Crippen molar-refractivity contribution in [2.75, 3.05) is 44.2 Å². The van der Waals surface area contributed by atoms with Crippen LogP contribution in [0.1, 0.15) is 13.3 Å². The van der Waals surface area contributed by atoms with Crippen LogP contribution in [0.25, 0.3) is 10.9 Å². The minimum atomic E-state index is 0.584. The molecule has 1 saturated heterocycles. The number of hydrogen-bond acceptors (Lipinski definition) is 5. The number of benzene rings is 1. The zero-order valence-corrected chi connectivity index (χ0v) is 13.5. The number of fused-ring (bicyclic) bond motifs is 1. The molecule has 0 spiro atoms. The minimum Gasteiger partial charge on any atom is -0.360 e. The average molecular weight is 304 g/mol. The van der Waals surface area contributed by atoms with Gasteiger partial charge in [0.2, 0.25) is 0 Å². The Morgan fingerprint density at radius 2 is 2.10 bits per heavy atom. The van der Waals surface area contributed by atoms with Crippen LogP contribution in [0.3, 0.4) is 0 Å². The largest absolute Gasteiger partial charge is 0.360 e. The summed E-state index contributed by atoms with van der Waals surface area (Å²) in [5, 5.41) is 2.63. The molecule has 0 radical (unpaired) electrons. The Kier molecular flexibility index (Phi) is 4.73. The first-order valence-corrected chi connectivity index (χ1v) is 8.57. The molecular weight excluding hydrogens is 280 g/mol. The molecule has 3 rings (SSSR count). The van der Waals surface area contributed by atoms with E-state index in [-0.39, 0.29) is 0 Å². The fourth-order valence-electron chi connectivity index (χ4n) is 2.98. The van der Waals surface area contributed by atoms with Gasteiger partial charge >= 0.3 is 0 Å². The van der Waals surface area contributed by atoms with Crippen LogP contribution in [0.4, 0.5) is 5.00 Å². The van der Waals surface area contributed by atoms with Crippen molar-refractivity contribution in [3.63, 3.8) is 0 Å². The number of anilines is 1. The van der Waals surface area contributed by atoms with Crippen LogP contribution < -0.4 is 10.6 Å². The van der Waals surface area contributed by atoms with Crippen molar-refractivity contribution in [2.24, 2.45) is 11.7 Å². The summed E-state index contributed by atoms with van der Waals surface area (Å²) in [7, 11) is 0. The molecule has 0 amide bonds. The van der Waals surface area contributed by atoms with E-state index in [1.54, 1.807) is 11.5 Å². The number of nitrogens with zero attached hydrogens (tertiary/aromatic N) is 3. The third kappa shape index (κ3) is 3.36. The molecule has 1 aromatic carbocycles. The lowest BCUT2D eigenvalue weighted by molar-refractivity contribution is 0.255. The van der Waals surface area contributed by atoms with Crippen molar-refractivity contribution < 1.29 is 0 Å². The maximum absolute atomic E-state index is 5.75. The molecule has 5 heteroatoms. The topological polar surface area (TPSA) is 45.4 Å². The molecule has 21 heavy (non-hydrogen) atoms. The van der Waals surface area contributed by atoms with E-state index in [2.05, 4.69) is 45.4 Å². The van der Waals surface area contributed by atoms with Crippen LogP contribution in [-0.4, -0.2) is 48.5 Å². The highest BCUT2D eigenvalue weighted by Gasteiger charge is 2.19. The Bertz CT molecular complexity index is 582. The van der Waals surface area contributed by atoms with Crippen molar-refractivity contribution in [1.29, 1.82) is 0 Å². The van der Waals surface area contributed by atoms with E-state index in [1.807, 2.05) is 0 Å². The van der Waals surface area contributed by atoms with E-state index in [0.29, 0.717) is 5.92 Å². The second-order valence-corrected chi connectivity index (χ2v) is 6.74. The molecule has 2 heterocycles. The third-order valence-corrected chi connectivity index (χ3v) is 5.15. The second kappa shape index (κ2) is 6.73. The van der Waals surface area contributed by atoms with Gasteiger partial charge in [-0.1, -0.05) is 19.1 Å². The fourth-order valence-corrected chi connectivity index (χ4v) is 3.89. The lowest BCUT2D eigenvalue weighted by Gasteiger charge is -2.24. The predicted octanol–water partition coefficient (Wildman–Crippen LogP) is 2.40. The fraction of sp³-hybridized carbons (Fsp3) is 0.562. The number of hydrogen-bond donors (Lipinski definition) is 1. The van der Waals surface area contributed by atoms with Gasteiger partial charge in [0.1, 0.15) is 5.00 Å². The number of aromatic nitrogens is 1. The first-order valence-electron chi connectivity index (χ1n) is 7.79. The summed E-state index contributed by atoms with van der Waals surface area (Å²) in [6.07, 6.45) is 1.21. The van der Waals surface area contributed by atoms with Gasteiger partial charge in [0.15, 0.2) is 0 Å². The van der Waals surface area contributed by atoms with E-state index in [1.165, 1.54) is 23.4 Å². The minimum absolute atomic E-state index is 0.584. The van der Waals surface area contributed by atoms with Gasteiger partial charge in [-0.25, -0.2) is 0 Å². The molecule has 114 valence electrons. The summed E-state index contributed by atoms with van der Waals surface area (Å²) in [5.41, 5.74) is 6.87. The van der Waals surface area contributed by atoms with E-state index >= 15 is 0 Å². The van der Waals surface area contributed by atoms with Crippen molar-refractivity contribution >= 4 is 27.4 Å². The Labute approximate surface area is 130 Å². The summed E-state index contributed by atoms with van der Waals surface area (Å²) < 4.78 is 4.58. The highest BCUT2D eigenvalue weighted by atomic mass is 32.1. The smallest absolute Gasteiger partial charge is 0.120 e. The van der Waals surface area contributed by atoms with Crippen LogP contribution >= 0.6 is 11.5 Å². The molecule has 1 aliphatic heterocycles. The first kappa shape index (κ1) is 14.8. The van der Waals surface area contributed by atoms with E-state index < -0.39 is 0 Å². The molecule has 0 saturated carbocycles. The quantitative estimate of drug-likeness (QED) is 0.942. The van der Waals surface area contributed by atoms with Gasteiger partial charge in [-0.05, 0) is 49.1 Å². The van der Waals surface area contributed by atoms with Crippen LogP contribution in [0.2, 0.25) is 0 Å². The average Bonchev–Trinajstić information content (AvgIpc) is 2.81. The molecule has 2 N–H and O–H groups in total. The zero-order chi connectivity index (χ0) is 14.7. The second-order valence-electron chi connectivity index (χ2n) is 5.99. The summed E-state index contributed by atoms with van der Waals surface area (Å²) >= 11 is 1.64. The molecule has 0 bridgehead atoms. The third-order valence-electron chi connectivity index (χ3n) is 4.21. The Hall–Kier alpha value is -1.17. The monoisotopic (exact) mass is 304 g/mol. The molecule has 4 nitrogen and oxygen atoms in total. The SMILES string of the molecule is CC(CN)CN1CCCN(c2snc3ccccc23)CC1. The van der Waals surface area contributed by atoms with Gasteiger partial charge in [0.25, 0.3) is 0 Å². The Balaban J connectivity index is 1.70. The van der Waals surface area contributed by atoms with Crippen molar-refractivity contribution in [2.45, 2.75) is 13.3 Å². The lowest BCUT2D eigenvalue weighted by atomic mass is 10.1. The Morgan fingerprint density at radius 1 is 1.24 bits per heavy atom. The normalized spacial score (nSPS) is 18.9.